The summed E-state index contributed by atoms with van der Waals surface area (Å²) in [6.07, 6.45) is 4.75. The van der Waals surface area contributed by atoms with Crippen LogP contribution in [0.3, 0.4) is 0 Å². The number of hydrogen-bond donors (Lipinski definition) is 1. The first-order chi connectivity index (χ1) is 11.2. The molecule has 0 radical (unpaired) electrons. The molecule has 0 saturated heterocycles. The molecule has 1 aromatic carbocycles. The van der Waals surface area contributed by atoms with Gasteiger partial charge in [0.2, 0.25) is 0 Å². The first-order valence-electron chi connectivity index (χ1n) is 7.97. The lowest BCUT2D eigenvalue weighted by molar-refractivity contribution is 0.0749. The van der Waals surface area contributed by atoms with E-state index in [0.29, 0.717) is 30.3 Å². The van der Waals surface area contributed by atoms with Crippen LogP contribution in [0.5, 0.6) is 0 Å². The zero-order valence-electron chi connectivity index (χ0n) is 13.0. The monoisotopic (exact) mass is 332 g/mol. The number of nitrogens with two attached hydrogens (primary N) is 1. The number of carbonyl (C=O) groups excluding carboxylic acids is 1. The van der Waals surface area contributed by atoms with Crippen LogP contribution in [0.25, 0.3) is 0 Å². The highest BCUT2D eigenvalue weighted by Crippen LogP contribution is 2.30. The standard InChI is InChI=1S/C18H21ClN2O2/c19-16-5-3-13(4-6-16)7-8-21(11-14-1-2-14)18(22)15-9-17(10-20)23-12-15/h3-6,9,12,14H,1-2,7-8,10-11,20H2. The second kappa shape index (κ2) is 7.20. The van der Waals surface area contributed by atoms with Crippen LogP contribution in [-0.2, 0) is 13.0 Å². The van der Waals surface area contributed by atoms with E-state index in [2.05, 4.69) is 0 Å². The lowest BCUT2D eigenvalue weighted by atomic mass is 10.1. The van der Waals surface area contributed by atoms with E-state index >= 15 is 0 Å². The Morgan fingerprint density at radius 3 is 2.65 bits per heavy atom. The number of nitrogens with zero attached hydrogens (tertiary/aromatic N) is 1. The number of rotatable bonds is 7. The summed E-state index contributed by atoms with van der Waals surface area (Å²) in [5, 5.41) is 0.729. The summed E-state index contributed by atoms with van der Waals surface area (Å²) in [5.41, 5.74) is 7.31. The van der Waals surface area contributed by atoms with Gasteiger partial charge in [-0.3, -0.25) is 4.79 Å². The average Bonchev–Trinajstić information content (AvgIpc) is 3.25. The molecule has 1 amide bonds. The molecule has 1 aromatic heterocycles. The molecule has 5 heteroatoms. The minimum Gasteiger partial charge on any atom is -0.467 e. The van der Waals surface area contributed by atoms with Crippen molar-refractivity contribution in [1.82, 2.24) is 4.90 Å². The summed E-state index contributed by atoms with van der Waals surface area (Å²) in [7, 11) is 0. The van der Waals surface area contributed by atoms with Gasteiger partial charge in [0.25, 0.3) is 5.91 Å². The van der Waals surface area contributed by atoms with Crippen LogP contribution in [0.2, 0.25) is 5.02 Å². The Labute approximate surface area is 141 Å². The second-order valence-corrected chi connectivity index (χ2v) is 6.51. The molecule has 1 aliphatic carbocycles. The fraction of sp³-hybridized carbons (Fsp3) is 0.389. The summed E-state index contributed by atoms with van der Waals surface area (Å²) in [6.45, 7) is 1.82. The van der Waals surface area contributed by atoms with Gasteiger partial charge in [-0.2, -0.15) is 0 Å². The Hall–Kier alpha value is -1.78. The maximum absolute atomic E-state index is 12.7. The molecule has 2 aromatic rings. The lowest BCUT2D eigenvalue weighted by Gasteiger charge is -2.22. The van der Waals surface area contributed by atoms with Crippen molar-refractivity contribution >= 4 is 17.5 Å². The van der Waals surface area contributed by atoms with Crippen LogP contribution >= 0.6 is 11.6 Å². The zero-order chi connectivity index (χ0) is 16.2. The molecule has 0 atom stereocenters. The molecule has 3 rings (SSSR count). The quantitative estimate of drug-likeness (QED) is 0.844. The molecule has 1 saturated carbocycles. The predicted molar refractivity (Wildman–Crippen MR) is 90.4 cm³/mol. The lowest BCUT2D eigenvalue weighted by Crippen LogP contribution is -2.34. The number of hydrogen-bond acceptors (Lipinski definition) is 3. The number of furan rings is 1. The number of carbonyl (C=O) groups is 1. The molecule has 0 unspecified atom stereocenters. The Kier molecular flexibility index (Phi) is 5.03. The van der Waals surface area contributed by atoms with E-state index in [1.807, 2.05) is 29.2 Å². The Morgan fingerprint density at radius 2 is 2.04 bits per heavy atom. The Bertz CT molecular complexity index is 662. The SMILES string of the molecule is NCc1cc(C(=O)N(CCc2ccc(Cl)cc2)CC2CC2)co1. The smallest absolute Gasteiger partial charge is 0.257 e. The van der Waals surface area contributed by atoms with Crippen molar-refractivity contribution < 1.29 is 9.21 Å². The largest absolute Gasteiger partial charge is 0.467 e. The third-order valence-corrected chi connectivity index (χ3v) is 4.40. The highest BCUT2D eigenvalue weighted by atomic mass is 35.5. The molecule has 1 fully saturated rings. The van der Waals surface area contributed by atoms with Gasteiger partial charge >= 0.3 is 0 Å². The Morgan fingerprint density at radius 1 is 1.30 bits per heavy atom. The maximum Gasteiger partial charge on any atom is 0.257 e. The maximum atomic E-state index is 12.7. The molecule has 0 aliphatic heterocycles. The molecule has 23 heavy (non-hydrogen) atoms. The first kappa shape index (κ1) is 16.1. The molecule has 0 bridgehead atoms. The predicted octanol–water partition coefficient (Wildman–Crippen LogP) is 3.49. The Balaban J connectivity index is 1.66. The number of halogens is 1. The third kappa shape index (κ3) is 4.36. The van der Waals surface area contributed by atoms with E-state index in [4.69, 9.17) is 21.8 Å². The van der Waals surface area contributed by atoms with Crippen LogP contribution in [-0.4, -0.2) is 23.9 Å². The van der Waals surface area contributed by atoms with Crippen molar-refractivity contribution in [2.45, 2.75) is 25.8 Å². The van der Waals surface area contributed by atoms with Gasteiger partial charge in [-0.1, -0.05) is 23.7 Å². The molecule has 2 N–H and O–H groups in total. The fourth-order valence-corrected chi connectivity index (χ4v) is 2.71. The number of benzene rings is 1. The van der Waals surface area contributed by atoms with Crippen molar-refractivity contribution in [3.8, 4) is 0 Å². The third-order valence-electron chi connectivity index (χ3n) is 4.15. The summed E-state index contributed by atoms with van der Waals surface area (Å²) in [6, 6.07) is 9.52. The fourth-order valence-electron chi connectivity index (χ4n) is 2.59. The van der Waals surface area contributed by atoms with Crippen LogP contribution in [0, 0.1) is 5.92 Å². The topological polar surface area (TPSA) is 59.5 Å². The minimum absolute atomic E-state index is 0.0225. The normalized spacial score (nSPS) is 14.0. The molecule has 122 valence electrons. The van der Waals surface area contributed by atoms with E-state index in [0.717, 1.165) is 18.0 Å². The van der Waals surface area contributed by atoms with E-state index in [9.17, 15) is 4.79 Å². The zero-order valence-corrected chi connectivity index (χ0v) is 13.8. The molecule has 4 nitrogen and oxygen atoms in total. The van der Waals surface area contributed by atoms with Gasteiger partial charge < -0.3 is 15.1 Å². The van der Waals surface area contributed by atoms with E-state index in [1.165, 1.54) is 24.7 Å². The van der Waals surface area contributed by atoms with Crippen molar-refractivity contribution in [1.29, 1.82) is 0 Å². The van der Waals surface area contributed by atoms with Crippen LogP contribution in [0.1, 0.15) is 34.5 Å². The van der Waals surface area contributed by atoms with Gasteiger partial charge in [-0.15, -0.1) is 0 Å². The van der Waals surface area contributed by atoms with Gasteiger partial charge in [-0.05, 0) is 48.9 Å². The van der Waals surface area contributed by atoms with Crippen molar-refractivity contribution in [3.05, 3.63) is 58.5 Å². The minimum atomic E-state index is 0.0225. The van der Waals surface area contributed by atoms with Crippen LogP contribution < -0.4 is 5.73 Å². The molecular formula is C18H21ClN2O2. The summed E-state index contributed by atoms with van der Waals surface area (Å²) < 4.78 is 5.29. The highest BCUT2D eigenvalue weighted by molar-refractivity contribution is 6.30. The summed E-state index contributed by atoms with van der Waals surface area (Å²) >= 11 is 5.91. The van der Waals surface area contributed by atoms with E-state index in [1.54, 1.807) is 6.07 Å². The van der Waals surface area contributed by atoms with Crippen molar-refractivity contribution in [2.75, 3.05) is 13.1 Å². The van der Waals surface area contributed by atoms with E-state index < -0.39 is 0 Å². The van der Waals surface area contributed by atoms with Gasteiger partial charge in [0.05, 0.1) is 12.1 Å². The van der Waals surface area contributed by atoms with Crippen LogP contribution in [0.15, 0.2) is 41.0 Å². The highest BCUT2D eigenvalue weighted by Gasteiger charge is 2.27. The van der Waals surface area contributed by atoms with E-state index in [-0.39, 0.29) is 5.91 Å². The van der Waals surface area contributed by atoms with Gasteiger partial charge in [0, 0.05) is 18.1 Å². The van der Waals surface area contributed by atoms with Crippen molar-refractivity contribution in [3.63, 3.8) is 0 Å². The van der Waals surface area contributed by atoms with Crippen LogP contribution in [0.4, 0.5) is 0 Å². The second-order valence-electron chi connectivity index (χ2n) is 6.08. The van der Waals surface area contributed by atoms with Gasteiger partial charge in [0.15, 0.2) is 0 Å². The molecule has 1 aliphatic rings. The van der Waals surface area contributed by atoms with Gasteiger partial charge in [-0.25, -0.2) is 0 Å². The van der Waals surface area contributed by atoms with Gasteiger partial charge in [0.1, 0.15) is 12.0 Å². The molecular weight excluding hydrogens is 312 g/mol. The summed E-state index contributed by atoms with van der Waals surface area (Å²) in [4.78, 5) is 14.6. The first-order valence-corrected chi connectivity index (χ1v) is 8.34. The summed E-state index contributed by atoms with van der Waals surface area (Å²) in [5.74, 6) is 1.30. The molecule has 0 spiro atoms. The number of amides is 1. The average molecular weight is 333 g/mol. The van der Waals surface area contributed by atoms with Crippen molar-refractivity contribution in [2.24, 2.45) is 11.7 Å². The molecule has 1 heterocycles.